The smallest absolute Gasteiger partial charge is 0.306 e. The van der Waals surface area contributed by atoms with Gasteiger partial charge < -0.3 is 19.8 Å². The van der Waals surface area contributed by atoms with Gasteiger partial charge >= 0.3 is 5.97 Å². The largest absolute Gasteiger partial charge is 0.462 e. The Balaban J connectivity index is 0.00000520. The van der Waals surface area contributed by atoms with Gasteiger partial charge in [-0.1, -0.05) is 78.4 Å². The number of esters is 1. The van der Waals surface area contributed by atoms with Crippen molar-refractivity contribution in [1.29, 1.82) is 0 Å². The minimum absolute atomic E-state index is 0. The summed E-state index contributed by atoms with van der Waals surface area (Å²) in [4.78, 5) is 27.2. The SMILES string of the molecule is CC(C)CCC[C@@H](C)[C@H]1CCC2C3CC=C4C[C@@H](OC(=O)CCCCCCC(=O)N5C[C@H](CO)C[C@H]5CO)CC[C@]4(C)C3CC[C@@]21C.[Y]. The number of unbranched alkanes of at least 4 members (excludes halogenated alkanes) is 3. The van der Waals surface area contributed by atoms with Gasteiger partial charge in [-0.3, -0.25) is 9.59 Å². The van der Waals surface area contributed by atoms with Crippen LogP contribution in [0.15, 0.2) is 11.6 Å². The molecule has 5 aliphatic rings. The molecule has 1 heterocycles. The molecule has 0 aromatic rings. The molecule has 4 aliphatic carbocycles. The number of ether oxygens (including phenoxy) is 1. The molecule has 6 nitrogen and oxygen atoms in total. The molecule has 5 rings (SSSR count). The fraction of sp³-hybridized carbons (Fsp3) is 0.902. The van der Waals surface area contributed by atoms with E-state index in [1.165, 1.54) is 51.4 Å². The summed E-state index contributed by atoms with van der Waals surface area (Å²) in [6, 6.07) is -0.158. The third-order valence-corrected chi connectivity index (χ3v) is 14.4. The van der Waals surface area contributed by atoms with Crippen molar-refractivity contribution in [3.05, 3.63) is 11.6 Å². The molecule has 3 saturated carbocycles. The predicted molar refractivity (Wildman–Crippen MR) is 188 cm³/mol. The number of aliphatic hydroxyl groups excluding tert-OH is 2. The van der Waals surface area contributed by atoms with Crippen LogP contribution in [-0.4, -0.2) is 58.9 Å². The molecule has 1 aliphatic heterocycles. The van der Waals surface area contributed by atoms with Crippen LogP contribution in [0.3, 0.4) is 0 Å². The van der Waals surface area contributed by atoms with E-state index in [1.54, 1.807) is 10.5 Å². The van der Waals surface area contributed by atoms with Crippen LogP contribution in [0, 0.1) is 52.3 Å². The van der Waals surface area contributed by atoms with Crippen LogP contribution in [-0.2, 0) is 47.0 Å². The number of amides is 1. The fourth-order valence-electron chi connectivity index (χ4n) is 11.7. The second-order valence-electron chi connectivity index (χ2n) is 17.7. The van der Waals surface area contributed by atoms with E-state index in [9.17, 15) is 19.8 Å². The molecule has 0 aromatic carbocycles. The molecule has 1 amide bonds. The summed E-state index contributed by atoms with van der Waals surface area (Å²) in [5, 5.41) is 19.0. The van der Waals surface area contributed by atoms with Gasteiger partial charge in [0, 0.05) is 71.0 Å². The average molecular weight is 745 g/mol. The second kappa shape index (κ2) is 18.0. The van der Waals surface area contributed by atoms with Crippen molar-refractivity contribution in [3.8, 4) is 0 Å². The Morgan fingerprint density at radius 1 is 0.917 bits per heavy atom. The second-order valence-corrected chi connectivity index (χ2v) is 17.7. The normalized spacial score (nSPS) is 36.5. The van der Waals surface area contributed by atoms with Gasteiger partial charge in [-0.25, -0.2) is 0 Å². The zero-order chi connectivity index (χ0) is 33.8. The number of rotatable bonds is 15. The van der Waals surface area contributed by atoms with Crippen LogP contribution in [0.2, 0.25) is 0 Å². The van der Waals surface area contributed by atoms with Gasteiger partial charge in [-0.2, -0.15) is 0 Å². The van der Waals surface area contributed by atoms with Crippen molar-refractivity contribution >= 4 is 11.9 Å². The molecule has 0 bridgehead atoms. The van der Waals surface area contributed by atoms with Gasteiger partial charge in [0.25, 0.3) is 0 Å². The summed E-state index contributed by atoms with van der Waals surface area (Å²) in [6.07, 6.45) is 21.8. The summed E-state index contributed by atoms with van der Waals surface area (Å²) in [7, 11) is 0. The van der Waals surface area contributed by atoms with Gasteiger partial charge in [0.05, 0.1) is 12.6 Å². The van der Waals surface area contributed by atoms with Crippen molar-refractivity contribution in [2.75, 3.05) is 19.8 Å². The molecular weight excluding hydrogens is 675 g/mol. The first-order valence-corrected chi connectivity index (χ1v) is 19.9. The Kier molecular flexibility index (Phi) is 15.1. The van der Waals surface area contributed by atoms with E-state index in [1.807, 2.05) is 0 Å². The summed E-state index contributed by atoms with van der Waals surface area (Å²) in [5.41, 5.74) is 2.37. The third kappa shape index (κ3) is 9.01. The van der Waals surface area contributed by atoms with Crippen LogP contribution in [0.1, 0.15) is 150 Å². The molecule has 48 heavy (non-hydrogen) atoms. The van der Waals surface area contributed by atoms with Gasteiger partial charge in [0.1, 0.15) is 6.10 Å². The van der Waals surface area contributed by atoms with E-state index in [2.05, 4.69) is 40.7 Å². The first-order chi connectivity index (χ1) is 22.5. The van der Waals surface area contributed by atoms with Gasteiger partial charge in [0.2, 0.25) is 5.91 Å². The number of likely N-dealkylation sites (tertiary alicyclic amines) is 1. The van der Waals surface area contributed by atoms with Crippen molar-refractivity contribution in [2.45, 2.75) is 162 Å². The van der Waals surface area contributed by atoms with Gasteiger partial charge in [-0.15, -0.1) is 0 Å². The van der Waals surface area contributed by atoms with E-state index in [0.717, 1.165) is 80.5 Å². The van der Waals surface area contributed by atoms with E-state index in [0.29, 0.717) is 31.2 Å². The zero-order valence-electron chi connectivity index (χ0n) is 31.3. The monoisotopic (exact) mass is 744 g/mol. The Labute approximate surface area is 318 Å². The molecule has 0 aromatic heterocycles. The maximum absolute atomic E-state index is 12.8. The number of hydrogen-bond acceptors (Lipinski definition) is 5. The standard InChI is InChI=1S/C41H69NO5.Y/c1-28(2)11-10-12-29(3)35-17-18-36-34-16-15-31-24-33(19-21-40(31,4)37(34)20-22-41(35,36)5)47-39(46)14-9-7-6-8-13-38(45)42-25-30(26-43)23-32(42)27-44;/h15,28-30,32-37,43-44H,6-14,16-27H2,1-5H3;/t29-,30-,32+,33+,34?,35-,36?,37?,40+,41-;/m1./s1. The molecule has 3 unspecified atom stereocenters. The van der Waals surface area contributed by atoms with Crippen molar-refractivity contribution in [2.24, 2.45) is 52.3 Å². The van der Waals surface area contributed by atoms with Crippen molar-refractivity contribution < 1.29 is 57.2 Å². The molecule has 1 radical (unpaired) electrons. The maximum Gasteiger partial charge on any atom is 0.306 e. The third-order valence-electron chi connectivity index (χ3n) is 14.4. The van der Waals surface area contributed by atoms with Crippen LogP contribution in [0.5, 0.6) is 0 Å². The molecule has 0 spiro atoms. The maximum atomic E-state index is 12.8. The predicted octanol–water partition coefficient (Wildman–Crippen LogP) is 8.48. The molecular formula is C41H69NO5Y. The Bertz CT molecular complexity index is 1090. The van der Waals surface area contributed by atoms with Crippen LogP contribution in [0.25, 0.3) is 0 Å². The van der Waals surface area contributed by atoms with E-state index in [4.69, 9.17) is 4.74 Å². The molecule has 7 heteroatoms. The molecule has 4 fully saturated rings. The number of carbonyl (C=O) groups is 2. The minimum atomic E-state index is -0.158. The summed E-state index contributed by atoms with van der Waals surface area (Å²) in [6.45, 7) is 13.1. The molecule has 271 valence electrons. The van der Waals surface area contributed by atoms with Gasteiger partial charge in [-0.05, 0) is 111 Å². The number of carbonyl (C=O) groups excluding carboxylic acids is 2. The van der Waals surface area contributed by atoms with E-state index < -0.39 is 0 Å². The quantitative estimate of drug-likeness (QED) is 0.0999. The van der Waals surface area contributed by atoms with E-state index in [-0.39, 0.29) is 81.3 Å². The topological polar surface area (TPSA) is 87.1 Å². The number of fused-ring (bicyclic) bond motifs is 5. The van der Waals surface area contributed by atoms with Crippen LogP contribution >= 0.6 is 0 Å². The van der Waals surface area contributed by atoms with Gasteiger partial charge in [0.15, 0.2) is 0 Å². The number of allylic oxidation sites excluding steroid dienone is 1. The molecule has 10 atom stereocenters. The fourth-order valence-corrected chi connectivity index (χ4v) is 11.7. The van der Waals surface area contributed by atoms with Crippen molar-refractivity contribution in [3.63, 3.8) is 0 Å². The average Bonchev–Trinajstić information content (AvgIpc) is 3.63. The first-order valence-electron chi connectivity index (χ1n) is 19.9. The van der Waals surface area contributed by atoms with Crippen LogP contribution in [0.4, 0.5) is 0 Å². The Morgan fingerprint density at radius 2 is 1.67 bits per heavy atom. The first kappa shape index (κ1) is 40.5. The van der Waals surface area contributed by atoms with Crippen LogP contribution < -0.4 is 0 Å². The number of hydrogen-bond donors (Lipinski definition) is 2. The van der Waals surface area contributed by atoms with E-state index >= 15 is 0 Å². The summed E-state index contributed by atoms with van der Waals surface area (Å²) in [5.74, 6) is 5.14. The number of aliphatic hydroxyl groups is 2. The summed E-state index contributed by atoms with van der Waals surface area (Å²) >= 11 is 0. The number of nitrogens with zero attached hydrogens (tertiary/aromatic N) is 1. The Hall–Kier alpha value is -0.296. The Morgan fingerprint density at radius 3 is 2.38 bits per heavy atom. The van der Waals surface area contributed by atoms with Crippen molar-refractivity contribution in [1.82, 2.24) is 4.90 Å². The molecule has 1 saturated heterocycles. The minimum Gasteiger partial charge on any atom is -0.462 e. The molecule has 2 N–H and O–H groups in total. The zero-order valence-corrected chi connectivity index (χ0v) is 34.1. The summed E-state index contributed by atoms with van der Waals surface area (Å²) < 4.78 is 6.07.